The van der Waals surface area contributed by atoms with Crippen LogP contribution in [0, 0.1) is 5.82 Å². The number of pyridine rings is 1. The molecule has 2 nitrogen and oxygen atoms in total. The third-order valence-corrected chi connectivity index (χ3v) is 4.35. The van der Waals surface area contributed by atoms with Crippen LogP contribution < -0.4 is 0 Å². The SMILES string of the molecule is O=C(Cc1c(F)cccc1Cl)C1CCCc2cccnc21. The summed E-state index contributed by atoms with van der Waals surface area (Å²) in [6.07, 6.45) is 4.41. The summed E-state index contributed by atoms with van der Waals surface area (Å²) in [5, 5.41) is 0.306. The average Bonchev–Trinajstić information content (AvgIpc) is 2.50. The number of halogens is 2. The van der Waals surface area contributed by atoms with Gasteiger partial charge in [-0.2, -0.15) is 0 Å². The number of ketones is 1. The Balaban J connectivity index is 1.87. The third kappa shape index (κ3) is 2.84. The van der Waals surface area contributed by atoms with E-state index < -0.39 is 5.82 Å². The number of hydrogen-bond acceptors (Lipinski definition) is 2. The van der Waals surface area contributed by atoms with Crippen LogP contribution in [-0.2, 0) is 17.6 Å². The van der Waals surface area contributed by atoms with E-state index in [1.54, 1.807) is 18.3 Å². The molecule has 0 saturated carbocycles. The first kappa shape index (κ1) is 14.2. The van der Waals surface area contributed by atoms with E-state index in [2.05, 4.69) is 4.98 Å². The van der Waals surface area contributed by atoms with Crippen LogP contribution in [0.2, 0.25) is 5.02 Å². The van der Waals surface area contributed by atoms with Crippen molar-refractivity contribution in [2.75, 3.05) is 0 Å². The molecule has 1 aromatic heterocycles. The fourth-order valence-electron chi connectivity index (χ4n) is 2.92. The summed E-state index contributed by atoms with van der Waals surface area (Å²) in [4.78, 5) is 16.9. The number of Topliss-reactive ketones (excluding diaryl/α,β-unsaturated/α-hetero) is 1. The van der Waals surface area contributed by atoms with Crippen molar-refractivity contribution in [1.82, 2.24) is 4.98 Å². The highest BCUT2D eigenvalue weighted by molar-refractivity contribution is 6.31. The quantitative estimate of drug-likeness (QED) is 0.854. The van der Waals surface area contributed by atoms with Crippen LogP contribution in [0.15, 0.2) is 36.5 Å². The Morgan fingerprint density at radius 2 is 2.19 bits per heavy atom. The van der Waals surface area contributed by atoms with Crippen molar-refractivity contribution in [3.63, 3.8) is 0 Å². The number of benzene rings is 1. The predicted octanol–water partition coefficient (Wildman–Crippen LogP) is 4.11. The lowest BCUT2D eigenvalue weighted by atomic mass is 9.82. The van der Waals surface area contributed by atoms with Crippen molar-refractivity contribution in [2.45, 2.75) is 31.6 Å². The van der Waals surface area contributed by atoms with E-state index in [1.807, 2.05) is 12.1 Å². The van der Waals surface area contributed by atoms with Crippen molar-refractivity contribution < 1.29 is 9.18 Å². The Bertz CT molecular complexity index is 666. The van der Waals surface area contributed by atoms with Crippen molar-refractivity contribution in [2.24, 2.45) is 0 Å². The molecule has 1 atom stereocenters. The molecule has 0 radical (unpaired) electrons. The van der Waals surface area contributed by atoms with Gasteiger partial charge < -0.3 is 0 Å². The molecule has 0 N–H and O–H groups in total. The van der Waals surface area contributed by atoms with E-state index in [9.17, 15) is 9.18 Å². The molecule has 0 fully saturated rings. The summed E-state index contributed by atoms with van der Waals surface area (Å²) < 4.78 is 13.8. The third-order valence-electron chi connectivity index (χ3n) is 4.00. The first-order chi connectivity index (χ1) is 10.2. The zero-order valence-corrected chi connectivity index (χ0v) is 12.2. The maximum absolute atomic E-state index is 13.8. The summed E-state index contributed by atoms with van der Waals surface area (Å²) in [5.41, 5.74) is 2.26. The smallest absolute Gasteiger partial charge is 0.146 e. The number of fused-ring (bicyclic) bond motifs is 1. The molecule has 21 heavy (non-hydrogen) atoms. The lowest BCUT2D eigenvalue weighted by Crippen LogP contribution is -2.22. The molecule has 2 aromatic rings. The van der Waals surface area contributed by atoms with Crippen molar-refractivity contribution in [3.8, 4) is 0 Å². The van der Waals surface area contributed by atoms with Gasteiger partial charge in [-0.1, -0.05) is 23.7 Å². The van der Waals surface area contributed by atoms with Gasteiger partial charge in [0.05, 0.1) is 11.6 Å². The Kier molecular flexibility index (Phi) is 4.02. The van der Waals surface area contributed by atoms with E-state index in [1.165, 1.54) is 6.07 Å². The average molecular weight is 304 g/mol. The molecule has 108 valence electrons. The minimum atomic E-state index is -0.423. The molecule has 3 rings (SSSR count). The molecule has 1 aromatic carbocycles. The zero-order valence-electron chi connectivity index (χ0n) is 11.5. The minimum Gasteiger partial charge on any atom is -0.299 e. The van der Waals surface area contributed by atoms with Gasteiger partial charge in [-0.3, -0.25) is 9.78 Å². The van der Waals surface area contributed by atoms with Gasteiger partial charge in [0.15, 0.2) is 0 Å². The maximum atomic E-state index is 13.8. The fourth-order valence-corrected chi connectivity index (χ4v) is 3.15. The summed E-state index contributed by atoms with van der Waals surface area (Å²) >= 11 is 6.00. The summed E-state index contributed by atoms with van der Waals surface area (Å²) in [7, 11) is 0. The standard InChI is InChI=1S/C17H15ClFNO/c18-14-7-2-8-15(19)13(14)10-16(21)12-6-1-4-11-5-3-9-20-17(11)12/h2-3,5,7-9,12H,1,4,6,10H2. The molecule has 0 aliphatic heterocycles. The van der Waals surface area contributed by atoms with Crippen LogP contribution in [-0.4, -0.2) is 10.8 Å². The van der Waals surface area contributed by atoms with Crippen LogP contribution in [0.3, 0.4) is 0 Å². The largest absolute Gasteiger partial charge is 0.299 e. The number of carbonyl (C=O) groups excluding carboxylic acids is 1. The van der Waals surface area contributed by atoms with Crippen LogP contribution in [0.1, 0.15) is 35.6 Å². The zero-order chi connectivity index (χ0) is 14.8. The van der Waals surface area contributed by atoms with E-state index in [0.717, 1.165) is 30.5 Å². The highest BCUT2D eigenvalue weighted by atomic mass is 35.5. The van der Waals surface area contributed by atoms with Gasteiger partial charge in [0, 0.05) is 23.2 Å². The molecular formula is C17H15ClFNO. The molecule has 0 saturated heterocycles. The van der Waals surface area contributed by atoms with Crippen LogP contribution in [0.4, 0.5) is 4.39 Å². The highest BCUT2D eigenvalue weighted by Gasteiger charge is 2.28. The molecule has 0 spiro atoms. The maximum Gasteiger partial charge on any atom is 0.146 e. The molecular weight excluding hydrogens is 289 g/mol. The fraction of sp³-hybridized carbons (Fsp3) is 0.294. The number of nitrogens with zero attached hydrogens (tertiary/aromatic N) is 1. The van der Waals surface area contributed by atoms with Crippen LogP contribution in [0.5, 0.6) is 0 Å². The van der Waals surface area contributed by atoms with Gasteiger partial charge in [-0.25, -0.2) is 4.39 Å². The lowest BCUT2D eigenvalue weighted by Gasteiger charge is -2.23. The van der Waals surface area contributed by atoms with Gasteiger partial charge in [-0.05, 0) is 43.0 Å². The van der Waals surface area contributed by atoms with Gasteiger partial charge in [0.25, 0.3) is 0 Å². The monoisotopic (exact) mass is 303 g/mol. The minimum absolute atomic E-state index is 0.0124. The van der Waals surface area contributed by atoms with Crippen molar-refractivity contribution in [1.29, 1.82) is 0 Å². The molecule has 4 heteroatoms. The second-order valence-corrected chi connectivity index (χ2v) is 5.74. The second-order valence-electron chi connectivity index (χ2n) is 5.34. The van der Waals surface area contributed by atoms with E-state index >= 15 is 0 Å². The second kappa shape index (κ2) is 5.94. The van der Waals surface area contributed by atoms with Gasteiger partial charge >= 0.3 is 0 Å². The van der Waals surface area contributed by atoms with E-state index in [-0.39, 0.29) is 23.7 Å². The first-order valence-corrected chi connectivity index (χ1v) is 7.44. The Morgan fingerprint density at radius 1 is 1.33 bits per heavy atom. The number of rotatable bonds is 3. The Hall–Kier alpha value is -1.74. The summed E-state index contributed by atoms with van der Waals surface area (Å²) in [5.74, 6) is -0.680. The summed E-state index contributed by atoms with van der Waals surface area (Å²) in [6, 6.07) is 8.39. The molecule has 1 heterocycles. The molecule has 1 unspecified atom stereocenters. The Morgan fingerprint density at radius 3 is 3.00 bits per heavy atom. The lowest BCUT2D eigenvalue weighted by molar-refractivity contribution is -0.120. The number of aryl methyl sites for hydroxylation is 1. The number of aromatic nitrogens is 1. The first-order valence-electron chi connectivity index (χ1n) is 7.06. The van der Waals surface area contributed by atoms with E-state index in [4.69, 9.17) is 11.6 Å². The topological polar surface area (TPSA) is 30.0 Å². The van der Waals surface area contributed by atoms with Gasteiger partial charge in [0.1, 0.15) is 11.6 Å². The van der Waals surface area contributed by atoms with Crippen LogP contribution in [0.25, 0.3) is 0 Å². The van der Waals surface area contributed by atoms with Crippen LogP contribution >= 0.6 is 11.6 Å². The summed E-state index contributed by atoms with van der Waals surface area (Å²) in [6.45, 7) is 0. The highest BCUT2D eigenvalue weighted by Crippen LogP contribution is 2.32. The normalized spacial score (nSPS) is 17.3. The number of hydrogen-bond donors (Lipinski definition) is 0. The van der Waals surface area contributed by atoms with Crippen molar-refractivity contribution in [3.05, 3.63) is 64.2 Å². The number of carbonyl (C=O) groups is 1. The molecule has 1 aliphatic rings. The molecule has 1 aliphatic carbocycles. The molecule has 0 amide bonds. The van der Waals surface area contributed by atoms with Gasteiger partial charge in [-0.15, -0.1) is 0 Å². The van der Waals surface area contributed by atoms with E-state index in [0.29, 0.717) is 5.02 Å². The Labute approximate surface area is 128 Å². The predicted molar refractivity (Wildman–Crippen MR) is 80.0 cm³/mol. The van der Waals surface area contributed by atoms with Gasteiger partial charge in [0.2, 0.25) is 0 Å². The molecule has 0 bridgehead atoms. The van der Waals surface area contributed by atoms with Crippen molar-refractivity contribution >= 4 is 17.4 Å².